The van der Waals surface area contributed by atoms with Crippen LogP contribution in [-0.4, -0.2) is 4.98 Å². The van der Waals surface area contributed by atoms with Crippen LogP contribution in [0.15, 0.2) is 21.9 Å². The molecule has 16 heavy (non-hydrogen) atoms. The van der Waals surface area contributed by atoms with E-state index in [1.807, 2.05) is 11.4 Å². The number of hydrogen-bond acceptors (Lipinski definition) is 4. The molecule has 0 aliphatic heterocycles. The van der Waals surface area contributed by atoms with Crippen LogP contribution < -0.4 is 5.73 Å². The summed E-state index contributed by atoms with van der Waals surface area (Å²) in [4.78, 5) is 4.41. The van der Waals surface area contributed by atoms with Gasteiger partial charge in [-0.15, -0.1) is 11.3 Å². The molecule has 2 atom stereocenters. The van der Waals surface area contributed by atoms with E-state index in [1.54, 1.807) is 11.3 Å². The summed E-state index contributed by atoms with van der Waals surface area (Å²) in [6.07, 6.45) is 1.25. The number of rotatable bonds is 3. The zero-order valence-corrected chi connectivity index (χ0v) is 9.96. The first-order valence-corrected chi connectivity index (χ1v) is 6.40. The van der Waals surface area contributed by atoms with Gasteiger partial charge in [0.15, 0.2) is 10.8 Å². The van der Waals surface area contributed by atoms with Crippen LogP contribution in [0, 0.1) is 5.92 Å². The monoisotopic (exact) mass is 234 g/mol. The van der Waals surface area contributed by atoms with Gasteiger partial charge in [-0.2, -0.15) is 0 Å². The molecule has 1 aliphatic carbocycles. The summed E-state index contributed by atoms with van der Waals surface area (Å²) in [7, 11) is 0. The lowest BCUT2D eigenvalue weighted by atomic mass is 10.3. The third-order valence-corrected chi connectivity index (χ3v) is 3.98. The highest BCUT2D eigenvalue weighted by molar-refractivity contribution is 7.13. The largest absolute Gasteiger partial charge is 0.458 e. The van der Waals surface area contributed by atoms with E-state index in [4.69, 9.17) is 10.2 Å². The van der Waals surface area contributed by atoms with Crippen molar-refractivity contribution in [3.05, 3.63) is 29.0 Å². The number of nitrogens with zero attached hydrogens (tertiary/aromatic N) is 1. The van der Waals surface area contributed by atoms with Crippen molar-refractivity contribution in [3.8, 4) is 10.8 Å². The Morgan fingerprint density at radius 2 is 2.38 bits per heavy atom. The highest BCUT2D eigenvalue weighted by Gasteiger charge is 2.36. The fourth-order valence-electron chi connectivity index (χ4n) is 1.90. The van der Waals surface area contributed by atoms with Gasteiger partial charge in [0.1, 0.15) is 5.76 Å². The number of furan rings is 1. The Morgan fingerprint density at radius 1 is 1.56 bits per heavy atom. The Hall–Kier alpha value is -1.13. The molecule has 0 bridgehead atoms. The summed E-state index contributed by atoms with van der Waals surface area (Å²) in [5.74, 6) is 3.38. The lowest BCUT2D eigenvalue weighted by molar-refractivity contribution is 0.518. The quantitative estimate of drug-likeness (QED) is 0.888. The molecule has 0 saturated heterocycles. The van der Waals surface area contributed by atoms with Crippen LogP contribution in [0.25, 0.3) is 10.8 Å². The Balaban J connectivity index is 1.86. The van der Waals surface area contributed by atoms with Crippen molar-refractivity contribution in [2.24, 2.45) is 11.7 Å². The molecule has 4 heteroatoms. The Kier molecular flexibility index (Phi) is 2.33. The average Bonchev–Trinajstić information content (AvgIpc) is 2.80. The van der Waals surface area contributed by atoms with Gasteiger partial charge in [0, 0.05) is 17.8 Å². The van der Waals surface area contributed by atoms with Crippen LogP contribution in [0.3, 0.4) is 0 Å². The molecule has 3 rings (SSSR count). The summed E-state index contributed by atoms with van der Waals surface area (Å²) in [6.45, 7) is 2.74. The zero-order valence-electron chi connectivity index (χ0n) is 9.14. The molecule has 2 unspecified atom stereocenters. The predicted octanol–water partition coefficient (Wildman–Crippen LogP) is 2.99. The van der Waals surface area contributed by atoms with Gasteiger partial charge in [-0.1, -0.05) is 6.92 Å². The molecule has 1 fully saturated rings. The predicted molar refractivity (Wildman–Crippen MR) is 64.2 cm³/mol. The molecule has 2 aromatic rings. The van der Waals surface area contributed by atoms with E-state index in [2.05, 4.69) is 18.0 Å². The van der Waals surface area contributed by atoms with E-state index in [-0.39, 0.29) is 0 Å². The van der Waals surface area contributed by atoms with Crippen molar-refractivity contribution < 1.29 is 4.42 Å². The van der Waals surface area contributed by atoms with Gasteiger partial charge in [-0.3, -0.25) is 0 Å². The second-order valence-electron chi connectivity index (χ2n) is 4.37. The molecular weight excluding hydrogens is 220 g/mol. The van der Waals surface area contributed by atoms with Crippen molar-refractivity contribution in [2.75, 3.05) is 0 Å². The summed E-state index contributed by atoms with van der Waals surface area (Å²) in [5.41, 5.74) is 6.46. The minimum atomic E-state index is 0.490. The molecule has 84 valence electrons. The maximum atomic E-state index is 5.83. The number of thiazole rings is 1. The van der Waals surface area contributed by atoms with E-state index < -0.39 is 0 Å². The van der Waals surface area contributed by atoms with Crippen molar-refractivity contribution in [2.45, 2.75) is 25.8 Å². The molecule has 2 heterocycles. The highest BCUT2D eigenvalue weighted by Crippen LogP contribution is 2.48. The van der Waals surface area contributed by atoms with Crippen LogP contribution >= 0.6 is 11.3 Å². The van der Waals surface area contributed by atoms with Crippen LogP contribution in [0.1, 0.15) is 30.7 Å². The standard InChI is InChI=1S/C12H14N2OS/c1-7-4-9(7)10-2-3-11(15-10)12-14-8(5-13)6-16-12/h2-3,6-7,9H,4-5,13H2,1H3. The summed E-state index contributed by atoms with van der Waals surface area (Å²) in [6, 6.07) is 4.09. The molecule has 0 radical (unpaired) electrons. The van der Waals surface area contributed by atoms with Gasteiger partial charge < -0.3 is 10.2 Å². The molecule has 1 saturated carbocycles. The first-order valence-electron chi connectivity index (χ1n) is 5.52. The van der Waals surface area contributed by atoms with Gasteiger partial charge in [-0.05, 0) is 24.5 Å². The lowest BCUT2D eigenvalue weighted by Gasteiger charge is -1.91. The number of nitrogens with two attached hydrogens (primary N) is 1. The fraction of sp³-hybridized carbons (Fsp3) is 0.417. The zero-order chi connectivity index (χ0) is 11.1. The van der Waals surface area contributed by atoms with E-state index in [9.17, 15) is 0 Å². The van der Waals surface area contributed by atoms with Crippen molar-refractivity contribution >= 4 is 11.3 Å². The van der Waals surface area contributed by atoms with E-state index in [0.29, 0.717) is 12.5 Å². The van der Waals surface area contributed by atoms with Gasteiger partial charge in [-0.25, -0.2) is 4.98 Å². The van der Waals surface area contributed by atoms with Gasteiger partial charge in [0.05, 0.1) is 5.69 Å². The second-order valence-corrected chi connectivity index (χ2v) is 5.23. The molecule has 3 nitrogen and oxygen atoms in total. The number of hydrogen-bond donors (Lipinski definition) is 1. The third kappa shape index (κ3) is 1.68. The van der Waals surface area contributed by atoms with Crippen LogP contribution in [0.4, 0.5) is 0 Å². The minimum Gasteiger partial charge on any atom is -0.458 e. The Morgan fingerprint density at radius 3 is 3.00 bits per heavy atom. The fourth-order valence-corrected chi connectivity index (χ4v) is 2.69. The van der Waals surface area contributed by atoms with Gasteiger partial charge >= 0.3 is 0 Å². The summed E-state index contributed by atoms with van der Waals surface area (Å²) >= 11 is 1.59. The minimum absolute atomic E-state index is 0.490. The van der Waals surface area contributed by atoms with Crippen molar-refractivity contribution in [1.29, 1.82) is 0 Å². The molecular formula is C12H14N2OS. The third-order valence-electron chi connectivity index (χ3n) is 3.07. The molecule has 0 amide bonds. The smallest absolute Gasteiger partial charge is 0.162 e. The van der Waals surface area contributed by atoms with Gasteiger partial charge in [0.2, 0.25) is 0 Å². The van der Waals surface area contributed by atoms with Crippen LogP contribution in [0.5, 0.6) is 0 Å². The Bertz CT molecular complexity index is 503. The maximum Gasteiger partial charge on any atom is 0.162 e. The normalized spacial score (nSPS) is 23.6. The maximum absolute atomic E-state index is 5.83. The summed E-state index contributed by atoms with van der Waals surface area (Å²) in [5, 5.41) is 2.91. The summed E-state index contributed by atoms with van der Waals surface area (Å²) < 4.78 is 5.83. The highest BCUT2D eigenvalue weighted by atomic mass is 32.1. The molecule has 2 aromatic heterocycles. The Labute approximate surface area is 98.3 Å². The van der Waals surface area contributed by atoms with Crippen molar-refractivity contribution in [3.63, 3.8) is 0 Å². The topological polar surface area (TPSA) is 52.0 Å². The van der Waals surface area contributed by atoms with Crippen molar-refractivity contribution in [1.82, 2.24) is 4.98 Å². The van der Waals surface area contributed by atoms with E-state index >= 15 is 0 Å². The molecule has 1 aliphatic rings. The first-order chi connectivity index (χ1) is 7.78. The van der Waals surface area contributed by atoms with E-state index in [0.717, 1.165) is 28.1 Å². The average molecular weight is 234 g/mol. The molecule has 0 spiro atoms. The van der Waals surface area contributed by atoms with E-state index in [1.165, 1.54) is 6.42 Å². The van der Waals surface area contributed by atoms with Gasteiger partial charge in [0.25, 0.3) is 0 Å². The number of aromatic nitrogens is 1. The molecule has 0 aromatic carbocycles. The molecule has 2 N–H and O–H groups in total. The van der Waals surface area contributed by atoms with Crippen LogP contribution in [-0.2, 0) is 6.54 Å². The lowest BCUT2D eigenvalue weighted by Crippen LogP contribution is -1.95. The second kappa shape index (κ2) is 3.71. The van der Waals surface area contributed by atoms with Crippen LogP contribution in [0.2, 0.25) is 0 Å². The SMILES string of the molecule is CC1CC1c1ccc(-c2nc(CN)cs2)o1. The first kappa shape index (κ1) is 10.1.